The molecule has 0 amide bonds. The summed E-state index contributed by atoms with van der Waals surface area (Å²) < 4.78 is 13.1. The molecule has 28 heavy (non-hydrogen) atoms. The molecule has 4 rings (SSSR count). The van der Waals surface area contributed by atoms with Gasteiger partial charge in [-0.05, 0) is 46.4 Å². The van der Waals surface area contributed by atoms with Crippen LogP contribution >= 0.6 is 0 Å². The third-order valence-corrected chi connectivity index (χ3v) is 5.34. The zero-order valence-corrected chi connectivity index (χ0v) is 15.8. The largest absolute Gasteiger partial charge is 0.387 e. The Morgan fingerprint density at radius 3 is 2.11 bits per heavy atom. The van der Waals surface area contributed by atoms with Crippen molar-refractivity contribution < 1.29 is 9.50 Å². The topological polar surface area (TPSA) is 23.5 Å². The van der Waals surface area contributed by atoms with E-state index >= 15 is 0 Å². The number of aliphatic hydroxyl groups excluding tert-OH is 1. The summed E-state index contributed by atoms with van der Waals surface area (Å²) in [5.74, 6) is -0.205. The van der Waals surface area contributed by atoms with Crippen LogP contribution in [0.1, 0.15) is 23.7 Å². The highest BCUT2D eigenvalue weighted by Gasteiger charge is 2.17. The molecule has 0 radical (unpaired) electrons. The van der Waals surface area contributed by atoms with Crippen molar-refractivity contribution in [1.82, 2.24) is 4.90 Å². The number of halogens is 1. The highest BCUT2D eigenvalue weighted by molar-refractivity contribution is 5.66. The van der Waals surface area contributed by atoms with Crippen LogP contribution in [0.15, 0.2) is 84.9 Å². The summed E-state index contributed by atoms with van der Waals surface area (Å²) in [6.07, 6.45) is 2.58. The summed E-state index contributed by atoms with van der Waals surface area (Å²) in [6, 6.07) is 25.1. The zero-order valence-electron chi connectivity index (χ0n) is 15.8. The molecular weight excluding hydrogens is 349 g/mol. The molecule has 0 fully saturated rings. The van der Waals surface area contributed by atoms with E-state index in [2.05, 4.69) is 35.2 Å². The van der Waals surface area contributed by atoms with Gasteiger partial charge in [0.15, 0.2) is 0 Å². The summed E-state index contributed by atoms with van der Waals surface area (Å²) in [5.41, 5.74) is 5.60. The lowest BCUT2D eigenvalue weighted by molar-refractivity contribution is 0.119. The van der Waals surface area contributed by atoms with Crippen LogP contribution < -0.4 is 0 Å². The van der Waals surface area contributed by atoms with Gasteiger partial charge in [-0.3, -0.25) is 4.90 Å². The highest BCUT2D eigenvalue weighted by Crippen LogP contribution is 2.25. The zero-order chi connectivity index (χ0) is 19.3. The Kier molecular flexibility index (Phi) is 5.65. The minimum Gasteiger partial charge on any atom is -0.387 e. The van der Waals surface area contributed by atoms with E-state index in [9.17, 15) is 9.50 Å². The van der Waals surface area contributed by atoms with Crippen LogP contribution in [0, 0.1) is 5.82 Å². The number of benzene rings is 3. The third-order valence-electron chi connectivity index (χ3n) is 5.34. The maximum absolute atomic E-state index is 13.1. The maximum Gasteiger partial charge on any atom is 0.123 e. The minimum atomic E-state index is -0.509. The van der Waals surface area contributed by atoms with Crippen molar-refractivity contribution in [2.45, 2.75) is 12.5 Å². The first kappa shape index (κ1) is 18.6. The molecule has 1 aliphatic heterocycles. The summed E-state index contributed by atoms with van der Waals surface area (Å²) in [6.45, 7) is 2.30. The first-order valence-electron chi connectivity index (χ1n) is 9.70. The van der Waals surface area contributed by atoms with Crippen molar-refractivity contribution in [2.24, 2.45) is 0 Å². The van der Waals surface area contributed by atoms with Gasteiger partial charge >= 0.3 is 0 Å². The van der Waals surface area contributed by atoms with Crippen LogP contribution in [-0.2, 0) is 0 Å². The first-order valence-corrected chi connectivity index (χ1v) is 9.70. The first-order chi connectivity index (χ1) is 13.7. The monoisotopic (exact) mass is 373 g/mol. The molecule has 3 aromatic rings. The Morgan fingerprint density at radius 2 is 1.46 bits per heavy atom. The normalized spacial score (nSPS) is 15.9. The Morgan fingerprint density at radius 1 is 0.821 bits per heavy atom. The Balaban J connectivity index is 1.36. The van der Waals surface area contributed by atoms with Crippen LogP contribution in [0.2, 0.25) is 0 Å². The minimum absolute atomic E-state index is 0.205. The van der Waals surface area contributed by atoms with E-state index in [0.29, 0.717) is 6.54 Å². The van der Waals surface area contributed by atoms with E-state index < -0.39 is 6.10 Å². The van der Waals surface area contributed by atoms with E-state index in [1.54, 1.807) is 0 Å². The molecule has 3 heteroatoms. The van der Waals surface area contributed by atoms with Crippen molar-refractivity contribution in [3.05, 3.63) is 102 Å². The van der Waals surface area contributed by atoms with Gasteiger partial charge in [0, 0.05) is 19.6 Å². The Bertz CT molecular complexity index is 933. The fraction of sp³-hybridized carbons (Fsp3) is 0.200. The van der Waals surface area contributed by atoms with Crippen LogP contribution in [0.4, 0.5) is 4.39 Å². The summed E-state index contributed by atoms with van der Waals surface area (Å²) in [5, 5.41) is 10.6. The van der Waals surface area contributed by atoms with Crippen LogP contribution in [0.5, 0.6) is 0 Å². The number of hydrogen-bond acceptors (Lipinski definition) is 2. The van der Waals surface area contributed by atoms with E-state index in [1.807, 2.05) is 42.5 Å². The van der Waals surface area contributed by atoms with Gasteiger partial charge in [-0.2, -0.15) is 0 Å². The second-order valence-corrected chi connectivity index (χ2v) is 7.25. The summed E-state index contributed by atoms with van der Waals surface area (Å²) >= 11 is 0. The Hall–Kier alpha value is -2.75. The summed E-state index contributed by atoms with van der Waals surface area (Å²) in [4.78, 5) is 2.25. The van der Waals surface area contributed by atoms with Gasteiger partial charge in [0.25, 0.3) is 0 Å². The predicted molar refractivity (Wildman–Crippen MR) is 112 cm³/mol. The average Bonchev–Trinajstić information content (AvgIpc) is 2.76. The molecule has 142 valence electrons. The van der Waals surface area contributed by atoms with Crippen LogP contribution in [0.25, 0.3) is 16.7 Å². The second kappa shape index (κ2) is 8.51. The van der Waals surface area contributed by atoms with Gasteiger partial charge in [-0.1, -0.05) is 72.8 Å². The molecular formula is C25H24FNO. The van der Waals surface area contributed by atoms with Gasteiger partial charge in [0.2, 0.25) is 0 Å². The van der Waals surface area contributed by atoms with Crippen molar-refractivity contribution in [2.75, 3.05) is 19.6 Å². The quantitative estimate of drug-likeness (QED) is 0.655. The van der Waals surface area contributed by atoms with E-state index in [4.69, 9.17) is 0 Å². The molecule has 2 nitrogen and oxygen atoms in total. The van der Waals surface area contributed by atoms with Gasteiger partial charge in [-0.25, -0.2) is 4.39 Å². The summed E-state index contributed by atoms with van der Waals surface area (Å²) in [7, 11) is 0. The van der Waals surface area contributed by atoms with E-state index in [1.165, 1.54) is 23.3 Å². The van der Waals surface area contributed by atoms with Gasteiger partial charge in [0.1, 0.15) is 5.82 Å². The molecule has 0 spiro atoms. The lowest BCUT2D eigenvalue weighted by atomic mass is 9.98. The standard InChI is InChI=1S/C25H24FNO/c26-24-12-10-21(11-13-24)22-14-16-27(17-15-22)18-25(28)23-8-6-20(7-9-23)19-4-2-1-3-5-19/h1-14,25,28H,15-18H2. The number of nitrogens with zero attached hydrogens (tertiary/aromatic N) is 1. The fourth-order valence-electron chi connectivity index (χ4n) is 3.68. The molecule has 1 atom stereocenters. The molecule has 1 N–H and O–H groups in total. The SMILES string of the molecule is OC(CN1CC=C(c2ccc(F)cc2)CC1)c1ccc(-c2ccccc2)cc1. The van der Waals surface area contributed by atoms with Crippen molar-refractivity contribution in [3.8, 4) is 11.1 Å². The fourth-order valence-corrected chi connectivity index (χ4v) is 3.68. The van der Waals surface area contributed by atoms with Crippen LogP contribution in [0.3, 0.4) is 0 Å². The molecule has 0 aliphatic carbocycles. The maximum atomic E-state index is 13.1. The molecule has 0 bridgehead atoms. The molecule has 1 unspecified atom stereocenters. The molecule has 0 aromatic heterocycles. The Labute approximate surface area is 165 Å². The van der Waals surface area contributed by atoms with Gasteiger partial charge in [0.05, 0.1) is 6.10 Å². The molecule has 1 heterocycles. The average molecular weight is 373 g/mol. The lowest BCUT2D eigenvalue weighted by Crippen LogP contribution is -2.32. The second-order valence-electron chi connectivity index (χ2n) is 7.25. The smallest absolute Gasteiger partial charge is 0.123 e. The van der Waals surface area contributed by atoms with Crippen LogP contribution in [-0.4, -0.2) is 29.6 Å². The number of rotatable bonds is 5. The third kappa shape index (κ3) is 4.38. The molecule has 0 saturated carbocycles. The molecule has 1 aliphatic rings. The van der Waals surface area contributed by atoms with E-state index in [0.717, 1.165) is 36.2 Å². The van der Waals surface area contributed by atoms with Crippen molar-refractivity contribution in [1.29, 1.82) is 0 Å². The highest BCUT2D eigenvalue weighted by atomic mass is 19.1. The molecule has 3 aromatic carbocycles. The van der Waals surface area contributed by atoms with Crippen molar-refractivity contribution >= 4 is 5.57 Å². The predicted octanol–water partition coefficient (Wildman–Crippen LogP) is 5.32. The van der Waals surface area contributed by atoms with Gasteiger partial charge < -0.3 is 5.11 Å². The van der Waals surface area contributed by atoms with Gasteiger partial charge in [-0.15, -0.1) is 0 Å². The molecule has 0 saturated heterocycles. The van der Waals surface area contributed by atoms with E-state index in [-0.39, 0.29) is 5.82 Å². The number of hydrogen-bond donors (Lipinski definition) is 1. The lowest BCUT2D eigenvalue weighted by Gasteiger charge is -2.28. The number of β-amino-alcohol motifs (C(OH)–C–C–N with tert-alkyl or cyclic N) is 1. The number of aliphatic hydroxyl groups is 1. The van der Waals surface area contributed by atoms with Crippen molar-refractivity contribution in [3.63, 3.8) is 0 Å².